The number of nitrogens with one attached hydrogen (secondary N) is 1. The van der Waals surface area contributed by atoms with Gasteiger partial charge in [-0.15, -0.1) is 0 Å². The molecule has 2 heterocycles. The van der Waals surface area contributed by atoms with E-state index < -0.39 is 0 Å². The van der Waals surface area contributed by atoms with E-state index in [9.17, 15) is 9.59 Å². The summed E-state index contributed by atoms with van der Waals surface area (Å²) in [7, 11) is 0. The molecule has 0 unspecified atom stereocenters. The first kappa shape index (κ1) is 14.6. The predicted octanol–water partition coefficient (Wildman–Crippen LogP) is 1.92. The van der Waals surface area contributed by atoms with Crippen LogP contribution < -0.4 is 10.9 Å². The summed E-state index contributed by atoms with van der Waals surface area (Å²) in [6.07, 6.45) is 6.97. The Bertz CT molecular complexity index is 976. The smallest absolute Gasteiger partial charge is 0.265 e. The molecule has 6 nitrogen and oxygen atoms in total. The number of carbonyl (C=O) groups excluding carboxylic acids is 1. The van der Waals surface area contributed by atoms with Gasteiger partial charge in [0.05, 0.1) is 22.8 Å². The molecule has 0 atom stereocenters. The lowest BCUT2D eigenvalue weighted by molar-refractivity contribution is 0.0952. The van der Waals surface area contributed by atoms with Gasteiger partial charge in [-0.1, -0.05) is 6.07 Å². The molecular weight excluding hydrogens is 304 g/mol. The first-order chi connectivity index (χ1) is 11.7. The van der Waals surface area contributed by atoms with Crippen molar-refractivity contribution in [2.75, 3.05) is 6.54 Å². The molecule has 4 rings (SSSR count). The van der Waals surface area contributed by atoms with Gasteiger partial charge < -0.3 is 5.32 Å². The van der Waals surface area contributed by atoms with E-state index in [-0.39, 0.29) is 11.5 Å². The Hall–Kier alpha value is -3.02. The summed E-state index contributed by atoms with van der Waals surface area (Å²) >= 11 is 0. The van der Waals surface area contributed by atoms with Gasteiger partial charge in [0.1, 0.15) is 6.33 Å². The lowest BCUT2D eigenvalue weighted by atomic mass is 10.2. The van der Waals surface area contributed by atoms with Crippen LogP contribution in [0.5, 0.6) is 0 Å². The van der Waals surface area contributed by atoms with E-state index in [0.29, 0.717) is 34.6 Å². The maximum atomic E-state index is 12.6. The molecule has 1 N–H and O–H groups in total. The van der Waals surface area contributed by atoms with Crippen LogP contribution in [-0.2, 0) is 0 Å². The van der Waals surface area contributed by atoms with Crippen molar-refractivity contribution >= 4 is 16.8 Å². The van der Waals surface area contributed by atoms with Crippen LogP contribution in [0.3, 0.4) is 0 Å². The van der Waals surface area contributed by atoms with Crippen molar-refractivity contribution in [3.05, 3.63) is 65.0 Å². The summed E-state index contributed by atoms with van der Waals surface area (Å²) in [5.41, 5.74) is 1.52. The molecular formula is C18H16N4O2. The monoisotopic (exact) mass is 320 g/mol. The van der Waals surface area contributed by atoms with Crippen LogP contribution in [0.25, 0.3) is 16.6 Å². The quantitative estimate of drug-likeness (QED) is 0.797. The molecule has 0 saturated heterocycles. The molecule has 1 saturated carbocycles. The zero-order valence-electron chi connectivity index (χ0n) is 13.0. The highest BCUT2D eigenvalue weighted by Gasteiger charge is 2.21. The highest BCUT2D eigenvalue weighted by Crippen LogP contribution is 2.27. The second-order valence-corrected chi connectivity index (χ2v) is 6.02. The largest absolute Gasteiger partial charge is 0.352 e. The lowest BCUT2D eigenvalue weighted by Gasteiger charge is -2.09. The van der Waals surface area contributed by atoms with Crippen molar-refractivity contribution in [1.82, 2.24) is 19.9 Å². The van der Waals surface area contributed by atoms with E-state index in [0.717, 1.165) is 0 Å². The Morgan fingerprint density at radius 3 is 3.00 bits per heavy atom. The third-order valence-electron chi connectivity index (χ3n) is 4.20. The van der Waals surface area contributed by atoms with Gasteiger partial charge in [0, 0.05) is 18.3 Å². The van der Waals surface area contributed by atoms with E-state index >= 15 is 0 Å². The summed E-state index contributed by atoms with van der Waals surface area (Å²) in [4.78, 5) is 33.1. The van der Waals surface area contributed by atoms with Crippen LogP contribution in [0.4, 0.5) is 0 Å². The van der Waals surface area contributed by atoms with E-state index in [4.69, 9.17) is 0 Å². The lowest BCUT2D eigenvalue weighted by Crippen LogP contribution is -2.26. The average Bonchev–Trinajstić information content (AvgIpc) is 3.45. The van der Waals surface area contributed by atoms with Crippen LogP contribution >= 0.6 is 0 Å². The van der Waals surface area contributed by atoms with Gasteiger partial charge in [0.2, 0.25) is 0 Å². The van der Waals surface area contributed by atoms with Gasteiger partial charge in [0.25, 0.3) is 11.5 Å². The zero-order chi connectivity index (χ0) is 16.5. The fourth-order valence-electron chi connectivity index (χ4n) is 2.61. The van der Waals surface area contributed by atoms with Crippen LogP contribution in [-0.4, -0.2) is 27.0 Å². The highest BCUT2D eigenvalue weighted by molar-refractivity contribution is 5.94. The molecule has 1 aliphatic rings. The summed E-state index contributed by atoms with van der Waals surface area (Å²) in [6.45, 7) is 0.716. The van der Waals surface area contributed by atoms with Gasteiger partial charge in [-0.3, -0.25) is 19.1 Å². The van der Waals surface area contributed by atoms with Gasteiger partial charge in [-0.25, -0.2) is 4.98 Å². The van der Waals surface area contributed by atoms with E-state index in [2.05, 4.69) is 15.3 Å². The van der Waals surface area contributed by atoms with Crippen molar-refractivity contribution < 1.29 is 4.79 Å². The van der Waals surface area contributed by atoms with Crippen molar-refractivity contribution in [1.29, 1.82) is 0 Å². The Labute approximate surface area is 138 Å². The maximum Gasteiger partial charge on any atom is 0.265 e. The van der Waals surface area contributed by atoms with Crippen molar-refractivity contribution in [3.8, 4) is 5.69 Å². The van der Waals surface area contributed by atoms with Crippen LogP contribution in [0.2, 0.25) is 0 Å². The third kappa shape index (κ3) is 2.78. The number of rotatable bonds is 4. The first-order valence-corrected chi connectivity index (χ1v) is 7.92. The summed E-state index contributed by atoms with van der Waals surface area (Å²) < 4.78 is 1.44. The van der Waals surface area contributed by atoms with Crippen molar-refractivity contribution in [3.63, 3.8) is 0 Å². The number of fused-ring (bicyclic) bond motifs is 1. The Morgan fingerprint density at radius 2 is 2.17 bits per heavy atom. The van der Waals surface area contributed by atoms with E-state index in [1.165, 1.54) is 23.7 Å². The molecule has 0 bridgehead atoms. The molecule has 1 aliphatic carbocycles. The number of carbonyl (C=O) groups is 1. The summed E-state index contributed by atoms with van der Waals surface area (Å²) in [5, 5.41) is 3.43. The van der Waals surface area contributed by atoms with Gasteiger partial charge in [-0.05, 0) is 43.0 Å². The number of hydrogen-bond donors (Lipinski definition) is 1. The second-order valence-electron chi connectivity index (χ2n) is 6.02. The molecule has 2 aromatic heterocycles. The van der Waals surface area contributed by atoms with Gasteiger partial charge >= 0.3 is 0 Å². The number of aromatic nitrogens is 3. The Morgan fingerprint density at radius 1 is 1.29 bits per heavy atom. The van der Waals surface area contributed by atoms with Crippen LogP contribution in [0, 0.1) is 5.92 Å². The molecule has 1 amide bonds. The Kier molecular flexibility index (Phi) is 3.57. The SMILES string of the molecule is O=C(NCC1CC1)c1cccc(-n2cnc3cnccc3c2=O)c1. The fraction of sp³-hybridized carbons (Fsp3) is 0.222. The van der Waals surface area contributed by atoms with Crippen LogP contribution in [0.15, 0.2) is 53.8 Å². The number of amides is 1. The van der Waals surface area contributed by atoms with Crippen molar-refractivity contribution in [2.45, 2.75) is 12.8 Å². The standard InChI is InChI=1S/C18H16N4O2/c23-17(20-9-12-4-5-12)13-2-1-3-14(8-13)22-11-21-16-10-19-7-6-15(16)18(22)24/h1-3,6-8,10-12H,4-5,9H2,(H,20,23). The molecule has 0 aliphatic heterocycles. The minimum atomic E-state index is -0.182. The molecule has 120 valence electrons. The Balaban J connectivity index is 1.69. The number of benzene rings is 1. The average molecular weight is 320 g/mol. The first-order valence-electron chi connectivity index (χ1n) is 7.92. The molecule has 1 aromatic carbocycles. The maximum absolute atomic E-state index is 12.6. The van der Waals surface area contributed by atoms with Gasteiger partial charge in [0.15, 0.2) is 0 Å². The molecule has 0 radical (unpaired) electrons. The second kappa shape index (κ2) is 5.88. The molecule has 1 fully saturated rings. The number of pyridine rings is 1. The topological polar surface area (TPSA) is 76.9 Å². The molecule has 0 spiro atoms. The summed E-state index contributed by atoms with van der Waals surface area (Å²) in [6, 6.07) is 8.65. The van der Waals surface area contributed by atoms with Crippen molar-refractivity contribution in [2.24, 2.45) is 5.92 Å². The number of hydrogen-bond acceptors (Lipinski definition) is 4. The molecule has 6 heteroatoms. The van der Waals surface area contributed by atoms with E-state index in [1.807, 2.05) is 0 Å². The summed E-state index contributed by atoms with van der Waals surface area (Å²) in [5.74, 6) is 0.507. The molecule has 24 heavy (non-hydrogen) atoms. The number of nitrogens with zero attached hydrogens (tertiary/aromatic N) is 3. The predicted molar refractivity (Wildman–Crippen MR) is 90.2 cm³/mol. The minimum Gasteiger partial charge on any atom is -0.352 e. The normalized spacial score (nSPS) is 13.8. The molecule has 3 aromatic rings. The highest BCUT2D eigenvalue weighted by atomic mass is 16.1. The van der Waals surface area contributed by atoms with E-state index in [1.54, 1.807) is 42.7 Å². The van der Waals surface area contributed by atoms with Gasteiger partial charge in [-0.2, -0.15) is 0 Å². The fourth-order valence-corrected chi connectivity index (χ4v) is 2.61. The zero-order valence-corrected chi connectivity index (χ0v) is 13.0. The third-order valence-corrected chi connectivity index (χ3v) is 4.20. The minimum absolute atomic E-state index is 0.116. The van der Waals surface area contributed by atoms with Crippen LogP contribution in [0.1, 0.15) is 23.2 Å².